The minimum atomic E-state index is -0.388. The van der Waals surface area contributed by atoms with Crippen LogP contribution in [0.5, 0.6) is 0 Å². The molecular formula is C17H24ClN3OS. The zero-order valence-corrected chi connectivity index (χ0v) is 15.2. The van der Waals surface area contributed by atoms with Crippen molar-refractivity contribution in [2.24, 2.45) is 11.7 Å². The first kappa shape index (κ1) is 18.3. The first-order valence-corrected chi connectivity index (χ1v) is 8.81. The van der Waals surface area contributed by atoms with Gasteiger partial charge in [0.25, 0.3) is 0 Å². The molecule has 0 saturated heterocycles. The standard InChI is InChI=1S/C17H23N3OS.ClH/c1-12(2)14(22-13-8-4-3-5-9-13)15-19-16(20-21-15)17(18)10-6-7-11-17;/h3-5,8-9,12,14H,6-7,10-11,18H2,1-2H3;1H. The highest BCUT2D eigenvalue weighted by Crippen LogP contribution is 2.41. The van der Waals surface area contributed by atoms with Crippen LogP contribution in [-0.4, -0.2) is 10.1 Å². The average molecular weight is 354 g/mol. The molecule has 0 radical (unpaired) electrons. The molecular weight excluding hydrogens is 330 g/mol. The first-order chi connectivity index (χ1) is 10.6. The maximum atomic E-state index is 6.43. The Kier molecular flexibility index (Phi) is 6.12. The van der Waals surface area contributed by atoms with E-state index >= 15 is 0 Å². The summed E-state index contributed by atoms with van der Waals surface area (Å²) in [6.45, 7) is 4.36. The van der Waals surface area contributed by atoms with Crippen LogP contribution < -0.4 is 5.73 Å². The van der Waals surface area contributed by atoms with Gasteiger partial charge in [-0.1, -0.05) is 50.0 Å². The second-order valence-corrected chi connectivity index (χ2v) is 7.63. The van der Waals surface area contributed by atoms with E-state index < -0.39 is 0 Å². The fourth-order valence-electron chi connectivity index (χ4n) is 2.90. The maximum absolute atomic E-state index is 6.43. The van der Waals surface area contributed by atoms with Crippen molar-refractivity contribution in [2.45, 2.75) is 55.2 Å². The van der Waals surface area contributed by atoms with Crippen molar-refractivity contribution < 1.29 is 4.52 Å². The van der Waals surface area contributed by atoms with E-state index in [1.54, 1.807) is 11.8 Å². The minimum absolute atomic E-state index is 0. The molecule has 4 nitrogen and oxygen atoms in total. The molecule has 1 heterocycles. The Balaban J connectivity index is 0.00000192. The Morgan fingerprint density at radius 1 is 1.17 bits per heavy atom. The van der Waals surface area contributed by atoms with Gasteiger partial charge in [-0.15, -0.1) is 24.2 Å². The van der Waals surface area contributed by atoms with Gasteiger partial charge < -0.3 is 10.3 Å². The SMILES string of the molecule is CC(C)C(Sc1ccccc1)c1nc(C2(N)CCCC2)no1.Cl. The molecule has 0 aliphatic heterocycles. The maximum Gasteiger partial charge on any atom is 0.240 e. The van der Waals surface area contributed by atoms with Gasteiger partial charge in [0.1, 0.15) is 0 Å². The summed E-state index contributed by atoms with van der Waals surface area (Å²) in [6, 6.07) is 10.3. The van der Waals surface area contributed by atoms with E-state index in [1.807, 2.05) is 18.2 Å². The molecule has 6 heteroatoms. The predicted molar refractivity (Wildman–Crippen MR) is 95.8 cm³/mol. The molecule has 2 aromatic rings. The number of nitrogens with two attached hydrogens (primary N) is 1. The third-order valence-corrected chi connectivity index (χ3v) is 5.78. The van der Waals surface area contributed by atoms with Crippen molar-refractivity contribution >= 4 is 24.2 Å². The van der Waals surface area contributed by atoms with Crippen LogP contribution in [0.2, 0.25) is 0 Å². The van der Waals surface area contributed by atoms with Gasteiger partial charge in [-0.3, -0.25) is 0 Å². The third kappa shape index (κ3) is 4.08. The zero-order chi connectivity index (χ0) is 15.6. The summed E-state index contributed by atoms with van der Waals surface area (Å²) in [4.78, 5) is 5.87. The molecule has 0 bridgehead atoms. The van der Waals surface area contributed by atoms with Gasteiger partial charge in [0.15, 0.2) is 5.82 Å². The van der Waals surface area contributed by atoms with E-state index in [2.05, 4.69) is 36.1 Å². The van der Waals surface area contributed by atoms with Crippen molar-refractivity contribution in [3.63, 3.8) is 0 Å². The summed E-state index contributed by atoms with van der Waals surface area (Å²) in [7, 11) is 0. The minimum Gasteiger partial charge on any atom is -0.338 e. The van der Waals surface area contributed by atoms with Gasteiger partial charge in [0.2, 0.25) is 5.89 Å². The van der Waals surface area contributed by atoms with Crippen LogP contribution in [0.25, 0.3) is 0 Å². The molecule has 0 amide bonds. The zero-order valence-electron chi connectivity index (χ0n) is 13.6. The molecule has 1 aliphatic rings. The van der Waals surface area contributed by atoms with Gasteiger partial charge >= 0.3 is 0 Å². The molecule has 126 valence electrons. The largest absolute Gasteiger partial charge is 0.338 e. The van der Waals surface area contributed by atoms with Gasteiger partial charge in [-0.2, -0.15) is 4.98 Å². The Hall–Kier alpha value is -1.04. The molecule has 1 aliphatic carbocycles. The summed E-state index contributed by atoms with van der Waals surface area (Å²) in [5, 5.41) is 4.34. The Morgan fingerprint density at radius 2 is 1.83 bits per heavy atom. The van der Waals surface area contributed by atoms with E-state index in [0.717, 1.165) is 25.7 Å². The summed E-state index contributed by atoms with van der Waals surface area (Å²) in [6.07, 6.45) is 4.19. The van der Waals surface area contributed by atoms with Crippen molar-refractivity contribution in [1.29, 1.82) is 0 Å². The van der Waals surface area contributed by atoms with Crippen LogP contribution in [0.15, 0.2) is 39.8 Å². The number of hydrogen-bond donors (Lipinski definition) is 1. The Labute approximate surface area is 148 Å². The van der Waals surface area contributed by atoms with Crippen LogP contribution in [0.1, 0.15) is 56.5 Å². The van der Waals surface area contributed by atoms with E-state index in [9.17, 15) is 0 Å². The molecule has 1 atom stereocenters. The number of halogens is 1. The first-order valence-electron chi connectivity index (χ1n) is 7.93. The lowest BCUT2D eigenvalue weighted by atomic mass is 9.98. The van der Waals surface area contributed by atoms with Crippen LogP contribution in [0, 0.1) is 5.92 Å². The molecule has 1 aromatic carbocycles. The summed E-state index contributed by atoms with van der Waals surface area (Å²) in [5.41, 5.74) is 6.04. The lowest BCUT2D eigenvalue weighted by Gasteiger charge is -2.18. The quantitative estimate of drug-likeness (QED) is 0.788. The van der Waals surface area contributed by atoms with Crippen LogP contribution >= 0.6 is 24.2 Å². The fraction of sp³-hybridized carbons (Fsp3) is 0.529. The van der Waals surface area contributed by atoms with Crippen molar-refractivity contribution in [1.82, 2.24) is 10.1 Å². The Morgan fingerprint density at radius 3 is 2.43 bits per heavy atom. The topological polar surface area (TPSA) is 64.9 Å². The Bertz CT molecular complexity index is 611. The summed E-state index contributed by atoms with van der Waals surface area (Å²) >= 11 is 1.77. The summed E-state index contributed by atoms with van der Waals surface area (Å²) < 4.78 is 5.58. The molecule has 3 rings (SSSR count). The lowest BCUT2D eigenvalue weighted by molar-refractivity contribution is 0.338. The number of nitrogens with zero attached hydrogens (tertiary/aromatic N) is 2. The monoisotopic (exact) mass is 353 g/mol. The molecule has 1 aromatic heterocycles. The van der Waals surface area contributed by atoms with Gasteiger partial charge in [0.05, 0.1) is 10.8 Å². The second kappa shape index (κ2) is 7.69. The number of aromatic nitrogens is 2. The highest BCUT2D eigenvalue weighted by Gasteiger charge is 2.37. The smallest absolute Gasteiger partial charge is 0.240 e. The normalized spacial score (nSPS) is 17.9. The van der Waals surface area contributed by atoms with E-state index in [1.165, 1.54) is 4.90 Å². The molecule has 1 fully saturated rings. The third-order valence-electron chi connectivity index (χ3n) is 4.24. The fourth-order valence-corrected chi connectivity index (χ4v) is 3.98. The number of benzene rings is 1. The predicted octanol–water partition coefficient (Wildman–Crippen LogP) is 4.71. The second-order valence-electron chi connectivity index (χ2n) is 6.41. The van der Waals surface area contributed by atoms with E-state index in [-0.39, 0.29) is 23.2 Å². The summed E-state index contributed by atoms with van der Waals surface area (Å²) in [5.74, 6) is 1.77. The van der Waals surface area contributed by atoms with Crippen molar-refractivity contribution in [2.75, 3.05) is 0 Å². The highest BCUT2D eigenvalue weighted by atomic mass is 35.5. The van der Waals surface area contributed by atoms with Crippen LogP contribution in [0.4, 0.5) is 0 Å². The van der Waals surface area contributed by atoms with E-state index in [4.69, 9.17) is 10.3 Å². The van der Waals surface area contributed by atoms with Gasteiger partial charge in [-0.25, -0.2) is 0 Å². The number of thioether (sulfide) groups is 1. The highest BCUT2D eigenvalue weighted by molar-refractivity contribution is 7.99. The lowest BCUT2D eigenvalue weighted by Crippen LogP contribution is -2.34. The van der Waals surface area contributed by atoms with Crippen LogP contribution in [0.3, 0.4) is 0 Å². The molecule has 1 unspecified atom stereocenters. The van der Waals surface area contributed by atoms with Gasteiger partial charge in [0, 0.05) is 4.90 Å². The number of hydrogen-bond acceptors (Lipinski definition) is 5. The number of rotatable bonds is 5. The van der Waals surface area contributed by atoms with Gasteiger partial charge in [-0.05, 0) is 30.9 Å². The molecule has 23 heavy (non-hydrogen) atoms. The van der Waals surface area contributed by atoms with Crippen LogP contribution in [-0.2, 0) is 5.54 Å². The van der Waals surface area contributed by atoms with Crippen molar-refractivity contribution in [3.05, 3.63) is 42.0 Å². The molecule has 1 saturated carbocycles. The average Bonchev–Trinajstić information content (AvgIpc) is 3.15. The van der Waals surface area contributed by atoms with Crippen molar-refractivity contribution in [3.8, 4) is 0 Å². The van der Waals surface area contributed by atoms with E-state index in [0.29, 0.717) is 17.6 Å². The molecule has 0 spiro atoms. The molecule has 2 N–H and O–H groups in total.